The van der Waals surface area contributed by atoms with Crippen LogP contribution in [0.1, 0.15) is 40.0 Å². The molecular weight excluding hydrogens is 128 g/mol. The van der Waals surface area contributed by atoms with Gasteiger partial charge in [0.1, 0.15) is 5.78 Å². The molecule has 0 saturated heterocycles. The van der Waals surface area contributed by atoms with Crippen molar-refractivity contribution in [3.05, 3.63) is 0 Å². The van der Waals surface area contributed by atoms with Gasteiger partial charge in [0, 0.05) is 13.0 Å². The topological polar surface area (TPSA) is 37.3 Å². The van der Waals surface area contributed by atoms with Crippen LogP contribution in [0.25, 0.3) is 0 Å². The van der Waals surface area contributed by atoms with Gasteiger partial charge in [0.15, 0.2) is 0 Å². The van der Waals surface area contributed by atoms with Crippen molar-refractivity contribution in [1.29, 1.82) is 0 Å². The molecule has 0 radical (unpaired) electrons. The summed E-state index contributed by atoms with van der Waals surface area (Å²) in [5.41, 5.74) is 0. The fourth-order valence-corrected chi connectivity index (χ4v) is 0.352. The van der Waals surface area contributed by atoms with E-state index in [9.17, 15) is 4.79 Å². The number of Topliss-reactive ketones (excluding diaryl/α,β-unsaturated/α-hetero) is 1. The summed E-state index contributed by atoms with van der Waals surface area (Å²) < 4.78 is 0. The standard InChI is InChI=1S/C5H10O.C3H8O/c1-3-4-5(2)6;1-2-3-4/h3-4H2,1-2H3;4H,2-3H2,1H3. The maximum atomic E-state index is 10.0. The Morgan fingerprint density at radius 3 is 1.70 bits per heavy atom. The molecule has 0 aromatic carbocycles. The van der Waals surface area contributed by atoms with Crippen LogP contribution in [0, 0.1) is 0 Å². The Kier molecular flexibility index (Phi) is 14.1. The molecule has 0 aromatic heterocycles. The van der Waals surface area contributed by atoms with Crippen LogP contribution in [0.3, 0.4) is 0 Å². The van der Waals surface area contributed by atoms with E-state index in [4.69, 9.17) is 5.11 Å². The molecule has 10 heavy (non-hydrogen) atoms. The van der Waals surface area contributed by atoms with Gasteiger partial charge < -0.3 is 9.90 Å². The maximum absolute atomic E-state index is 10.0. The molecule has 0 rings (SSSR count). The summed E-state index contributed by atoms with van der Waals surface area (Å²) in [7, 11) is 0. The number of carbonyl (C=O) groups is 1. The van der Waals surface area contributed by atoms with E-state index < -0.39 is 0 Å². The minimum Gasteiger partial charge on any atom is -0.396 e. The zero-order valence-corrected chi connectivity index (χ0v) is 7.18. The van der Waals surface area contributed by atoms with E-state index in [1.54, 1.807) is 6.92 Å². The first-order valence-corrected chi connectivity index (χ1v) is 3.79. The summed E-state index contributed by atoms with van der Waals surface area (Å²) in [6.07, 6.45) is 2.59. The molecular formula is C8H18O2. The SMILES string of the molecule is CCCC(C)=O.CCCO. The Labute approximate surface area is 63.3 Å². The van der Waals surface area contributed by atoms with Crippen LogP contribution in [-0.4, -0.2) is 17.5 Å². The van der Waals surface area contributed by atoms with Gasteiger partial charge in [-0.25, -0.2) is 0 Å². The highest BCUT2D eigenvalue weighted by molar-refractivity contribution is 5.75. The van der Waals surface area contributed by atoms with Crippen LogP contribution in [0.5, 0.6) is 0 Å². The van der Waals surface area contributed by atoms with Crippen molar-refractivity contribution in [2.24, 2.45) is 0 Å². The molecule has 0 saturated carbocycles. The summed E-state index contributed by atoms with van der Waals surface area (Å²) in [5.74, 6) is 0.289. The monoisotopic (exact) mass is 146 g/mol. The zero-order chi connectivity index (χ0) is 8.41. The molecule has 0 amide bonds. The number of carbonyl (C=O) groups excluding carboxylic acids is 1. The van der Waals surface area contributed by atoms with E-state index >= 15 is 0 Å². The van der Waals surface area contributed by atoms with E-state index in [0.717, 1.165) is 19.3 Å². The Balaban J connectivity index is 0. The molecule has 62 valence electrons. The van der Waals surface area contributed by atoms with Gasteiger partial charge in [-0.15, -0.1) is 0 Å². The van der Waals surface area contributed by atoms with Crippen LogP contribution < -0.4 is 0 Å². The third-order valence-electron chi connectivity index (χ3n) is 0.826. The van der Waals surface area contributed by atoms with Crippen molar-refractivity contribution >= 4 is 5.78 Å². The lowest BCUT2D eigenvalue weighted by Gasteiger charge is -1.80. The summed E-state index contributed by atoms with van der Waals surface area (Å²) >= 11 is 0. The van der Waals surface area contributed by atoms with Crippen molar-refractivity contribution in [3.8, 4) is 0 Å². The molecule has 0 aromatic rings. The lowest BCUT2D eigenvalue weighted by atomic mass is 10.3. The van der Waals surface area contributed by atoms with E-state index in [1.165, 1.54) is 0 Å². The first-order valence-electron chi connectivity index (χ1n) is 3.79. The lowest BCUT2D eigenvalue weighted by Crippen LogP contribution is -1.84. The molecule has 0 unspecified atom stereocenters. The fraction of sp³-hybridized carbons (Fsp3) is 0.875. The van der Waals surface area contributed by atoms with Crippen LogP contribution in [0.4, 0.5) is 0 Å². The number of ketones is 1. The number of aliphatic hydroxyl groups excluding tert-OH is 1. The molecule has 2 heteroatoms. The highest BCUT2D eigenvalue weighted by atomic mass is 16.2. The van der Waals surface area contributed by atoms with E-state index in [1.807, 2.05) is 13.8 Å². The van der Waals surface area contributed by atoms with Gasteiger partial charge in [-0.1, -0.05) is 13.8 Å². The highest BCUT2D eigenvalue weighted by Gasteiger charge is 1.83. The Bertz CT molecular complexity index is 67.7. The third kappa shape index (κ3) is 25.5. The van der Waals surface area contributed by atoms with Crippen molar-refractivity contribution in [2.45, 2.75) is 40.0 Å². The van der Waals surface area contributed by atoms with Crippen LogP contribution >= 0.6 is 0 Å². The van der Waals surface area contributed by atoms with Crippen molar-refractivity contribution in [2.75, 3.05) is 6.61 Å². The molecule has 2 nitrogen and oxygen atoms in total. The Morgan fingerprint density at radius 2 is 1.70 bits per heavy atom. The number of hydrogen-bond acceptors (Lipinski definition) is 2. The number of rotatable bonds is 3. The normalized spacial score (nSPS) is 8.00. The molecule has 1 N–H and O–H groups in total. The molecule has 0 heterocycles. The zero-order valence-electron chi connectivity index (χ0n) is 7.18. The average Bonchev–Trinajstić information content (AvgIpc) is 1.89. The quantitative estimate of drug-likeness (QED) is 0.658. The molecule has 0 aliphatic carbocycles. The second-order valence-electron chi connectivity index (χ2n) is 2.18. The number of hydrogen-bond donors (Lipinski definition) is 1. The van der Waals surface area contributed by atoms with E-state index in [2.05, 4.69) is 0 Å². The summed E-state index contributed by atoms with van der Waals surface area (Å²) in [6, 6.07) is 0. The van der Waals surface area contributed by atoms with Crippen molar-refractivity contribution < 1.29 is 9.90 Å². The molecule has 0 fully saturated rings. The van der Waals surface area contributed by atoms with Gasteiger partial charge in [0.25, 0.3) is 0 Å². The first-order chi connectivity index (χ1) is 4.68. The van der Waals surface area contributed by atoms with Gasteiger partial charge in [-0.3, -0.25) is 0 Å². The summed E-state index contributed by atoms with van der Waals surface area (Å²) in [4.78, 5) is 10.0. The average molecular weight is 146 g/mol. The number of aliphatic hydroxyl groups is 1. The van der Waals surface area contributed by atoms with Gasteiger partial charge in [0.2, 0.25) is 0 Å². The predicted octanol–water partition coefficient (Wildman–Crippen LogP) is 1.76. The van der Waals surface area contributed by atoms with Crippen molar-refractivity contribution in [3.63, 3.8) is 0 Å². The van der Waals surface area contributed by atoms with Gasteiger partial charge in [-0.2, -0.15) is 0 Å². The maximum Gasteiger partial charge on any atom is 0.129 e. The van der Waals surface area contributed by atoms with Crippen LogP contribution in [-0.2, 0) is 4.79 Å². The minimum atomic E-state index is 0.289. The molecule has 0 aliphatic heterocycles. The molecule has 0 spiro atoms. The van der Waals surface area contributed by atoms with Crippen LogP contribution in [0.15, 0.2) is 0 Å². The minimum absolute atomic E-state index is 0.289. The highest BCUT2D eigenvalue weighted by Crippen LogP contribution is 1.84. The van der Waals surface area contributed by atoms with Gasteiger partial charge in [0.05, 0.1) is 0 Å². The smallest absolute Gasteiger partial charge is 0.129 e. The Hall–Kier alpha value is -0.370. The van der Waals surface area contributed by atoms with E-state index in [-0.39, 0.29) is 5.78 Å². The predicted molar refractivity (Wildman–Crippen MR) is 43.0 cm³/mol. The van der Waals surface area contributed by atoms with Gasteiger partial charge in [-0.05, 0) is 19.8 Å². The molecule has 0 bridgehead atoms. The molecule has 0 atom stereocenters. The lowest BCUT2D eigenvalue weighted by molar-refractivity contribution is -0.117. The fourth-order valence-electron chi connectivity index (χ4n) is 0.352. The van der Waals surface area contributed by atoms with Crippen molar-refractivity contribution in [1.82, 2.24) is 0 Å². The second-order valence-corrected chi connectivity index (χ2v) is 2.18. The summed E-state index contributed by atoms with van der Waals surface area (Å²) in [6.45, 7) is 5.87. The molecule has 0 aliphatic rings. The Morgan fingerprint density at radius 1 is 1.30 bits per heavy atom. The largest absolute Gasteiger partial charge is 0.396 e. The van der Waals surface area contributed by atoms with Crippen LogP contribution in [0.2, 0.25) is 0 Å². The first kappa shape index (κ1) is 12.3. The van der Waals surface area contributed by atoms with Gasteiger partial charge >= 0.3 is 0 Å². The van der Waals surface area contributed by atoms with E-state index in [0.29, 0.717) is 6.61 Å². The third-order valence-corrected chi connectivity index (χ3v) is 0.826. The summed E-state index contributed by atoms with van der Waals surface area (Å²) in [5, 5.41) is 7.88. The second kappa shape index (κ2) is 11.4.